The van der Waals surface area contributed by atoms with Gasteiger partial charge in [0.25, 0.3) is 11.6 Å². The number of aliphatic carboxylic acids is 1. The third kappa shape index (κ3) is 6.07. The monoisotopic (exact) mass is 574 g/mol. The maximum atomic E-state index is 14.0. The van der Waals surface area contributed by atoms with E-state index in [0.717, 1.165) is 24.3 Å². The maximum absolute atomic E-state index is 14.0. The Kier molecular flexibility index (Phi) is 7.85. The molecule has 2 aromatic carbocycles. The Bertz CT molecular complexity index is 1300. The van der Waals surface area contributed by atoms with Crippen molar-refractivity contribution in [1.29, 1.82) is 0 Å². The Morgan fingerprint density at radius 2 is 1.45 bits per heavy atom. The summed E-state index contributed by atoms with van der Waals surface area (Å²) in [6.07, 6.45) is -9.35. The van der Waals surface area contributed by atoms with E-state index in [2.05, 4.69) is 0 Å². The average Bonchev–Trinajstić information content (AvgIpc) is 2.91. The van der Waals surface area contributed by atoms with Gasteiger partial charge in [-0.05, 0) is 37.1 Å². The van der Waals surface area contributed by atoms with Crippen LogP contribution >= 0.6 is 0 Å². The number of nitrogens with zero attached hydrogens (tertiary/aromatic N) is 4. The van der Waals surface area contributed by atoms with Gasteiger partial charge in [0.1, 0.15) is 5.69 Å². The van der Waals surface area contributed by atoms with E-state index in [1.54, 1.807) is 0 Å². The van der Waals surface area contributed by atoms with Crippen molar-refractivity contribution in [2.24, 2.45) is 5.92 Å². The number of carboxylic acid groups (broad SMARTS) is 1. The van der Waals surface area contributed by atoms with Crippen LogP contribution < -0.4 is 9.80 Å². The molecule has 2 aliphatic rings. The first-order chi connectivity index (χ1) is 18.7. The van der Waals surface area contributed by atoms with Crippen molar-refractivity contribution < 1.29 is 46.0 Å². The fourth-order valence-corrected chi connectivity index (χ4v) is 4.98. The predicted molar refractivity (Wildman–Crippen MR) is 130 cm³/mol. The normalized spacial score (nSPS) is 17.2. The number of carboxylic acids is 1. The van der Waals surface area contributed by atoms with Gasteiger partial charge in [0.05, 0.1) is 27.7 Å². The zero-order valence-electron chi connectivity index (χ0n) is 20.8. The standard InChI is InChI=1S/C25H24F6N4O5/c26-24(27,28)17-3-1-2-16(12-17)22(36)34-10-8-33(9-11-34)20-14-19(32-6-4-15(5-7-32)23(37)38)18(25(29,30)31)13-21(20)35(39)40/h1-3,12-15H,4-11H2,(H,37,38). The lowest BCUT2D eigenvalue weighted by molar-refractivity contribution is -0.384. The number of benzene rings is 2. The summed E-state index contributed by atoms with van der Waals surface area (Å²) in [7, 11) is 0. The minimum absolute atomic E-state index is 0.0105. The summed E-state index contributed by atoms with van der Waals surface area (Å²) in [4.78, 5) is 39.1. The van der Waals surface area contributed by atoms with Crippen LogP contribution in [0.4, 0.5) is 43.4 Å². The van der Waals surface area contributed by atoms with E-state index in [4.69, 9.17) is 0 Å². The summed E-state index contributed by atoms with van der Waals surface area (Å²) < 4.78 is 81.0. The molecule has 0 bridgehead atoms. The Labute approximate surface area is 223 Å². The average molecular weight is 574 g/mol. The highest BCUT2D eigenvalue weighted by molar-refractivity contribution is 5.94. The van der Waals surface area contributed by atoms with Crippen LogP contribution in [0.5, 0.6) is 0 Å². The second-order valence-corrected chi connectivity index (χ2v) is 9.57. The van der Waals surface area contributed by atoms with Crippen molar-refractivity contribution in [2.75, 3.05) is 49.1 Å². The molecular weight excluding hydrogens is 550 g/mol. The quantitative estimate of drug-likeness (QED) is 0.308. The number of piperidine rings is 1. The van der Waals surface area contributed by atoms with Crippen molar-refractivity contribution >= 4 is 28.9 Å². The lowest BCUT2D eigenvalue weighted by atomic mass is 9.95. The number of halogens is 6. The van der Waals surface area contributed by atoms with Crippen LogP contribution in [0, 0.1) is 16.0 Å². The number of carbonyl (C=O) groups is 2. The van der Waals surface area contributed by atoms with Crippen molar-refractivity contribution in [1.82, 2.24) is 4.90 Å². The van der Waals surface area contributed by atoms with Crippen LogP contribution in [0.2, 0.25) is 0 Å². The molecular formula is C25H24F6N4O5. The topological polar surface area (TPSA) is 107 Å². The lowest BCUT2D eigenvalue weighted by Gasteiger charge is -2.37. The molecule has 0 aliphatic carbocycles. The summed E-state index contributed by atoms with van der Waals surface area (Å²) in [5, 5.41) is 21.0. The zero-order valence-corrected chi connectivity index (χ0v) is 20.8. The predicted octanol–water partition coefficient (Wildman–Crippen LogP) is 4.90. The molecule has 2 aliphatic heterocycles. The summed E-state index contributed by atoms with van der Waals surface area (Å²) in [5.41, 5.74) is -3.57. The number of hydrogen-bond acceptors (Lipinski definition) is 6. The molecule has 4 rings (SSSR count). The summed E-state index contributed by atoms with van der Waals surface area (Å²) in [6, 6.07) is 5.46. The molecule has 1 amide bonds. The van der Waals surface area contributed by atoms with Crippen LogP contribution in [0.3, 0.4) is 0 Å². The molecule has 2 saturated heterocycles. The number of amides is 1. The first-order valence-corrected chi connectivity index (χ1v) is 12.3. The Morgan fingerprint density at radius 1 is 0.850 bits per heavy atom. The molecule has 216 valence electrons. The van der Waals surface area contributed by atoms with Crippen LogP contribution in [-0.2, 0) is 17.1 Å². The Morgan fingerprint density at radius 3 is 1.98 bits per heavy atom. The molecule has 0 unspecified atom stereocenters. The zero-order chi connectivity index (χ0) is 29.4. The highest BCUT2D eigenvalue weighted by Gasteiger charge is 2.40. The van der Waals surface area contributed by atoms with Crippen LogP contribution in [0.1, 0.15) is 34.3 Å². The Hall–Kier alpha value is -4.04. The number of anilines is 2. The van der Waals surface area contributed by atoms with Gasteiger partial charge >= 0.3 is 18.3 Å². The van der Waals surface area contributed by atoms with Crippen molar-refractivity contribution in [2.45, 2.75) is 25.2 Å². The van der Waals surface area contributed by atoms with Gasteiger partial charge in [-0.2, -0.15) is 26.3 Å². The van der Waals surface area contributed by atoms with E-state index >= 15 is 0 Å². The molecule has 1 N–H and O–H groups in total. The van der Waals surface area contributed by atoms with E-state index in [9.17, 15) is 51.2 Å². The van der Waals surface area contributed by atoms with Gasteiger partial charge in [0, 0.05) is 50.9 Å². The fourth-order valence-electron chi connectivity index (χ4n) is 4.98. The number of carbonyl (C=O) groups excluding carboxylic acids is 1. The highest BCUT2D eigenvalue weighted by Crippen LogP contribution is 2.44. The number of piperazine rings is 1. The largest absolute Gasteiger partial charge is 0.481 e. The van der Waals surface area contributed by atoms with Gasteiger partial charge in [-0.25, -0.2) is 0 Å². The highest BCUT2D eigenvalue weighted by atomic mass is 19.4. The Balaban J connectivity index is 1.59. The molecule has 2 aromatic rings. The number of nitro benzene ring substituents is 1. The minimum Gasteiger partial charge on any atom is -0.481 e. The molecule has 0 radical (unpaired) electrons. The summed E-state index contributed by atoms with van der Waals surface area (Å²) in [5.74, 6) is -2.42. The minimum atomic E-state index is -4.92. The summed E-state index contributed by atoms with van der Waals surface area (Å²) in [6.45, 7) is -0.0822. The number of nitro groups is 1. The number of alkyl halides is 6. The first-order valence-electron chi connectivity index (χ1n) is 12.3. The fraction of sp³-hybridized carbons (Fsp3) is 0.440. The third-order valence-electron chi connectivity index (χ3n) is 7.12. The van der Waals surface area contributed by atoms with Crippen LogP contribution in [-0.4, -0.2) is 66.1 Å². The van der Waals surface area contributed by atoms with Crippen LogP contribution in [0.15, 0.2) is 36.4 Å². The molecule has 0 spiro atoms. The van der Waals surface area contributed by atoms with E-state index in [1.807, 2.05) is 0 Å². The van der Waals surface area contributed by atoms with Crippen molar-refractivity contribution in [3.63, 3.8) is 0 Å². The smallest absolute Gasteiger partial charge is 0.418 e. The SMILES string of the molecule is O=C(O)C1CCN(c2cc(N3CCN(C(=O)c4cccc(C(F)(F)F)c4)CC3)c([N+](=O)[O-])cc2C(F)(F)F)CC1. The van der Waals surface area contributed by atoms with Gasteiger partial charge in [-0.3, -0.25) is 19.7 Å². The molecule has 40 heavy (non-hydrogen) atoms. The molecule has 0 aromatic heterocycles. The van der Waals surface area contributed by atoms with E-state index in [0.29, 0.717) is 6.07 Å². The van der Waals surface area contributed by atoms with E-state index in [1.165, 1.54) is 20.8 Å². The van der Waals surface area contributed by atoms with Crippen LogP contribution in [0.25, 0.3) is 0 Å². The second kappa shape index (κ2) is 10.8. The lowest BCUT2D eigenvalue weighted by Crippen LogP contribution is -2.49. The van der Waals surface area contributed by atoms with Gasteiger partial charge in [0.2, 0.25) is 0 Å². The summed E-state index contributed by atoms with van der Waals surface area (Å²) >= 11 is 0. The van der Waals surface area contributed by atoms with Gasteiger partial charge in [-0.1, -0.05) is 6.07 Å². The molecule has 15 heteroatoms. The second-order valence-electron chi connectivity index (χ2n) is 9.57. The van der Waals surface area contributed by atoms with E-state index in [-0.39, 0.29) is 69.0 Å². The molecule has 2 heterocycles. The maximum Gasteiger partial charge on any atom is 0.418 e. The number of hydrogen-bond donors (Lipinski definition) is 1. The third-order valence-corrected chi connectivity index (χ3v) is 7.12. The van der Waals surface area contributed by atoms with Gasteiger partial charge in [-0.15, -0.1) is 0 Å². The molecule has 0 atom stereocenters. The van der Waals surface area contributed by atoms with Crippen molar-refractivity contribution in [3.05, 3.63) is 63.2 Å². The van der Waals surface area contributed by atoms with Gasteiger partial charge < -0.3 is 19.8 Å². The first kappa shape index (κ1) is 29.0. The van der Waals surface area contributed by atoms with Gasteiger partial charge in [0.15, 0.2) is 0 Å². The molecule has 9 nitrogen and oxygen atoms in total. The number of rotatable bonds is 5. The van der Waals surface area contributed by atoms with E-state index < -0.39 is 51.9 Å². The van der Waals surface area contributed by atoms with Crippen molar-refractivity contribution in [3.8, 4) is 0 Å². The molecule has 0 saturated carbocycles. The molecule has 2 fully saturated rings.